The van der Waals surface area contributed by atoms with Gasteiger partial charge >= 0.3 is 5.97 Å². The maximum absolute atomic E-state index is 11.7. The maximum atomic E-state index is 11.7. The zero-order valence-electron chi connectivity index (χ0n) is 10.3. The largest absolute Gasteiger partial charge is 0.461 e. The second-order valence-electron chi connectivity index (χ2n) is 3.78. The van der Waals surface area contributed by atoms with Crippen LogP contribution in [0.4, 0.5) is 5.82 Å². The van der Waals surface area contributed by atoms with E-state index in [-0.39, 0.29) is 5.69 Å². The molecular formula is C12H15N3O2S. The van der Waals surface area contributed by atoms with Crippen molar-refractivity contribution in [1.82, 2.24) is 9.55 Å². The van der Waals surface area contributed by atoms with Gasteiger partial charge in [0.2, 0.25) is 0 Å². The quantitative estimate of drug-likeness (QED) is 0.859. The number of carbonyl (C=O) groups is 1. The van der Waals surface area contributed by atoms with Gasteiger partial charge in [-0.15, -0.1) is 11.3 Å². The molecule has 0 atom stereocenters. The van der Waals surface area contributed by atoms with Gasteiger partial charge in [0.25, 0.3) is 0 Å². The Morgan fingerprint density at radius 3 is 3.00 bits per heavy atom. The van der Waals surface area contributed by atoms with Crippen molar-refractivity contribution in [3.63, 3.8) is 0 Å². The van der Waals surface area contributed by atoms with Crippen molar-refractivity contribution in [3.05, 3.63) is 33.9 Å². The lowest BCUT2D eigenvalue weighted by molar-refractivity contribution is 0.0521. The molecular weight excluding hydrogens is 250 g/mol. The predicted molar refractivity (Wildman–Crippen MR) is 70.8 cm³/mol. The number of carbonyl (C=O) groups excluding carboxylic acids is 1. The highest BCUT2D eigenvalue weighted by atomic mass is 32.1. The summed E-state index contributed by atoms with van der Waals surface area (Å²) in [5.41, 5.74) is 6.16. The number of hydrogen-bond donors (Lipinski definition) is 1. The predicted octanol–water partition coefficient (Wildman–Crippen LogP) is 2.06. The van der Waals surface area contributed by atoms with Crippen molar-refractivity contribution in [3.8, 4) is 0 Å². The Hall–Kier alpha value is -1.82. The van der Waals surface area contributed by atoms with Gasteiger partial charge in [-0.1, -0.05) is 6.07 Å². The van der Waals surface area contributed by atoms with Crippen LogP contribution in [0.15, 0.2) is 17.5 Å². The number of hydrogen-bond acceptors (Lipinski definition) is 5. The summed E-state index contributed by atoms with van der Waals surface area (Å²) in [5.74, 6) is 0.603. The van der Waals surface area contributed by atoms with E-state index < -0.39 is 5.97 Å². The number of thiophene rings is 1. The Morgan fingerprint density at radius 1 is 1.61 bits per heavy atom. The van der Waals surface area contributed by atoms with E-state index >= 15 is 0 Å². The molecule has 2 N–H and O–H groups in total. The first-order chi connectivity index (χ1) is 8.63. The molecule has 0 aliphatic carbocycles. The molecule has 0 amide bonds. The third kappa shape index (κ3) is 2.38. The molecule has 0 spiro atoms. The second-order valence-corrected chi connectivity index (χ2v) is 4.81. The van der Waals surface area contributed by atoms with Gasteiger partial charge in [0.15, 0.2) is 5.69 Å². The fourth-order valence-corrected chi connectivity index (χ4v) is 2.38. The van der Waals surface area contributed by atoms with Gasteiger partial charge in [-0.25, -0.2) is 9.78 Å². The molecule has 0 aromatic carbocycles. The lowest BCUT2D eigenvalue weighted by Crippen LogP contribution is -2.10. The van der Waals surface area contributed by atoms with Crippen LogP contribution in [-0.2, 0) is 11.3 Å². The summed E-state index contributed by atoms with van der Waals surface area (Å²) < 4.78 is 6.74. The van der Waals surface area contributed by atoms with E-state index in [1.807, 2.05) is 29.0 Å². The monoisotopic (exact) mass is 265 g/mol. The molecule has 2 rings (SSSR count). The van der Waals surface area contributed by atoms with Gasteiger partial charge in [-0.3, -0.25) is 0 Å². The molecule has 96 valence electrons. The van der Waals surface area contributed by atoms with Gasteiger partial charge in [0, 0.05) is 4.88 Å². The van der Waals surface area contributed by atoms with Crippen molar-refractivity contribution >= 4 is 23.1 Å². The molecule has 0 bridgehead atoms. The average Bonchev–Trinajstić information content (AvgIpc) is 2.93. The van der Waals surface area contributed by atoms with Crippen LogP contribution in [-0.4, -0.2) is 22.1 Å². The summed E-state index contributed by atoms with van der Waals surface area (Å²) >= 11 is 1.64. The minimum Gasteiger partial charge on any atom is -0.461 e. The van der Waals surface area contributed by atoms with Crippen molar-refractivity contribution in [2.75, 3.05) is 12.3 Å². The van der Waals surface area contributed by atoms with Crippen molar-refractivity contribution in [2.45, 2.75) is 20.4 Å². The van der Waals surface area contributed by atoms with E-state index in [1.165, 1.54) is 0 Å². The van der Waals surface area contributed by atoms with Gasteiger partial charge in [-0.05, 0) is 25.3 Å². The number of nitrogens with zero attached hydrogens (tertiary/aromatic N) is 2. The lowest BCUT2D eigenvalue weighted by Gasteiger charge is -2.05. The number of imidazole rings is 1. The number of nitrogens with two attached hydrogens (primary N) is 1. The topological polar surface area (TPSA) is 70.1 Å². The smallest absolute Gasteiger partial charge is 0.360 e. The van der Waals surface area contributed by atoms with Crippen LogP contribution in [0.1, 0.15) is 28.1 Å². The average molecular weight is 265 g/mol. The lowest BCUT2D eigenvalue weighted by atomic mass is 10.4. The molecule has 0 aliphatic rings. The summed E-state index contributed by atoms with van der Waals surface area (Å²) in [5, 5.41) is 2.00. The highest BCUT2D eigenvalue weighted by Gasteiger charge is 2.19. The Balaban J connectivity index is 2.29. The zero-order valence-corrected chi connectivity index (χ0v) is 11.2. The SMILES string of the molecule is CCOC(=O)c1nc(C)n(Cc2cccs2)c1N. The zero-order chi connectivity index (χ0) is 13.1. The van der Waals surface area contributed by atoms with E-state index in [0.29, 0.717) is 24.8 Å². The fourth-order valence-electron chi connectivity index (χ4n) is 1.69. The molecule has 2 heterocycles. The van der Waals surface area contributed by atoms with E-state index in [4.69, 9.17) is 10.5 Å². The molecule has 0 saturated heterocycles. The third-order valence-electron chi connectivity index (χ3n) is 2.56. The number of aryl methyl sites for hydroxylation is 1. The van der Waals surface area contributed by atoms with E-state index in [2.05, 4.69) is 4.98 Å². The van der Waals surface area contributed by atoms with Crippen molar-refractivity contribution < 1.29 is 9.53 Å². The number of esters is 1. The molecule has 2 aromatic heterocycles. The summed E-state index contributed by atoms with van der Waals surface area (Å²) in [6, 6.07) is 4.00. The number of aromatic nitrogens is 2. The van der Waals surface area contributed by atoms with Gasteiger partial charge in [0.05, 0.1) is 13.2 Å². The summed E-state index contributed by atoms with van der Waals surface area (Å²) in [7, 11) is 0. The van der Waals surface area contributed by atoms with Crippen LogP contribution in [0.5, 0.6) is 0 Å². The van der Waals surface area contributed by atoms with Crippen LogP contribution in [0.3, 0.4) is 0 Å². The Bertz CT molecular complexity index is 546. The summed E-state index contributed by atoms with van der Waals surface area (Å²) in [6.07, 6.45) is 0. The van der Waals surface area contributed by atoms with Crippen LogP contribution in [0.2, 0.25) is 0 Å². The molecule has 0 aliphatic heterocycles. The van der Waals surface area contributed by atoms with Crippen LogP contribution >= 0.6 is 11.3 Å². The third-order valence-corrected chi connectivity index (χ3v) is 3.42. The molecule has 0 fully saturated rings. The van der Waals surface area contributed by atoms with Gasteiger partial charge in [-0.2, -0.15) is 0 Å². The minimum atomic E-state index is -0.469. The van der Waals surface area contributed by atoms with E-state index in [0.717, 1.165) is 4.88 Å². The molecule has 0 unspecified atom stereocenters. The minimum absolute atomic E-state index is 0.200. The molecule has 0 radical (unpaired) electrons. The fraction of sp³-hybridized carbons (Fsp3) is 0.333. The standard InChI is InChI=1S/C12H15N3O2S/c1-3-17-12(16)10-11(13)15(8(2)14-10)7-9-5-4-6-18-9/h4-6H,3,7,13H2,1-2H3. The maximum Gasteiger partial charge on any atom is 0.360 e. The van der Waals surface area contributed by atoms with Crippen molar-refractivity contribution in [1.29, 1.82) is 0 Å². The highest BCUT2D eigenvalue weighted by Crippen LogP contribution is 2.19. The summed E-state index contributed by atoms with van der Waals surface area (Å²) in [6.45, 7) is 4.52. The molecule has 5 nitrogen and oxygen atoms in total. The second kappa shape index (κ2) is 5.22. The first-order valence-electron chi connectivity index (χ1n) is 5.65. The molecule has 18 heavy (non-hydrogen) atoms. The van der Waals surface area contributed by atoms with E-state index in [9.17, 15) is 4.79 Å². The van der Waals surface area contributed by atoms with Gasteiger partial charge < -0.3 is 15.0 Å². The first-order valence-corrected chi connectivity index (χ1v) is 6.53. The van der Waals surface area contributed by atoms with Gasteiger partial charge in [0.1, 0.15) is 11.6 Å². The van der Waals surface area contributed by atoms with Crippen LogP contribution < -0.4 is 5.73 Å². The van der Waals surface area contributed by atoms with Crippen LogP contribution in [0, 0.1) is 6.92 Å². The number of anilines is 1. The van der Waals surface area contributed by atoms with Crippen LogP contribution in [0.25, 0.3) is 0 Å². The molecule has 0 saturated carbocycles. The summed E-state index contributed by atoms with van der Waals surface area (Å²) in [4.78, 5) is 17.0. The Morgan fingerprint density at radius 2 is 2.39 bits per heavy atom. The Labute approximate surface area is 109 Å². The Kier molecular flexibility index (Phi) is 3.66. The first kappa shape index (κ1) is 12.6. The molecule has 6 heteroatoms. The van der Waals surface area contributed by atoms with Crippen molar-refractivity contribution in [2.24, 2.45) is 0 Å². The van der Waals surface area contributed by atoms with E-state index in [1.54, 1.807) is 18.3 Å². The normalized spacial score (nSPS) is 10.6. The highest BCUT2D eigenvalue weighted by molar-refractivity contribution is 7.09. The molecule has 2 aromatic rings. The number of nitrogen functional groups attached to an aromatic ring is 1. The number of ether oxygens (including phenoxy) is 1. The number of rotatable bonds is 4.